The minimum atomic E-state index is -0.371. The molecule has 0 bridgehead atoms. The number of rotatable bonds is 9. The highest BCUT2D eigenvalue weighted by atomic mass is 32.2. The van der Waals surface area contributed by atoms with Gasteiger partial charge in [-0.25, -0.2) is 13.9 Å². The number of anilines is 2. The molecule has 0 aliphatic heterocycles. The van der Waals surface area contributed by atoms with Crippen molar-refractivity contribution in [2.75, 3.05) is 30.0 Å². The summed E-state index contributed by atoms with van der Waals surface area (Å²) in [5.74, 6) is -0.321. The van der Waals surface area contributed by atoms with Gasteiger partial charge in [-0.1, -0.05) is 37.3 Å². The summed E-state index contributed by atoms with van der Waals surface area (Å²) < 4.78 is 15.1. The van der Waals surface area contributed by atoms with Crippen molar-refractivity contribution in [1.29, 1.82) is 0 Å². The summed E-state index contributed by atoms with van der Waals surface area (Å²) in [6.45, 7) is 2.22. The number of nitrogens with zero attached hydrogens (tertiary/aromatic N) is 3. The zero-order valence-corrected chi connectivity index (χ0v) is 21.5. The van der Waals surface area contributed by atoms with Crippen molar-refractivity contribution in [3.05, 3.63) is 90.7 Å². The second-order valence-corrected chi connectivity index (χ2v) is 9.18. The molecular weight excluding hydrogens is 489 g/mol. The van der Waals surface area contributed by atoms with Crippen molar-refractivity contribution in [2.24, 2.45) is 0 Å². The van der Waals surface area contributed by atoms with E-state index in [1.807, 2.05) is 67.8 Å². The number of carbonyl (C=O) groups is 2. The molecule has 2 N–H and O–H groups in total. The number of hydrogen-bond acceptors (Lipinski definition) is 4. The Hall–Kier alpha value is -4.11. The van der Waals surface area contributed by atoms with Crippen LogP contribution in [0.3, 0.4) is 0 Å². The third kappa shape index (κ3) is 6.77. The Morgan fingerprint density at radius 2 is 1.68 bits per heavy atom. The molecule has 3 amide bonds. The van der Waals surface area contributed by atoms with Crippen molar-refractivity contribution in [2.45, 2.75) is 18.2 Å². The van der Waals surface area contributed by atoms with E-state index in [9.17, 15) is 14.0 Å². The van der Waals surface area contributed by atoms with Crippen LogP contribution in [0.2, 0.25) is 0 Å². The molecule has 0 aliphatic rings. The maximum absolute atomic E-state index is 13.5. The van der Waals surface area contributed by atoms with Crippen molar-refractivity contribution < 1.29 is 14.0 Å². The molecule has 0 radical (unpaired) electrons. The summed E-state index contributed by atoms with van der Waals surface area (Å²) in [6, 6.07) is 24.3. The monoisotopic (exact) mass is 517 g/mol. The van der Waals surface area contributed by atoms with E-state index in [-0.39, 0.29) is 24.3 Å². The molecule has 1 aromatic heterocycles. The van der Waals surface area contributed by atoms with Gasteiger partial charge < -0.3 is 15.5 Å². The third-order valence-electron chi connectivity index (χ3n) is 5.57. The van der Waals surface area contributed by atoms with Crippen LogP contribution >= 0.6 is 11.8 Å². The van der Waals surface area contributed by atoms with Crippen molar-refractivity contribution in [3.63, 3.8) is 0 Å². The largest absolute Gasteiger partial charge is 0.322 e. The second-order valence-electron chi connectivity index (χ2n) is 8.30. The van der Waals surface area contributed by atoms with Crippen LogP contribution in [0.5, 0.6) is 0 Å². The van der Waals surface area contributed by atoms with E-state index in [4.69, 9.17) is 0 Å². The number of halogens is 1. The first kappa shape index (κ1) is 26.0. The number of urea groups is 1. The molecule has 1 heterocycles. The number of thioether (sulfide) groups is 1. The van der Waals surface area contributed by atoms with Gasteiger partial charge >= 0.3 is 6.03 Å². The molecule has 0 unspecified atom stereocenters. The van der Waals surface area contributed by atoms with E-state index in [1.165, 1.54) is 17.0 Å². The Morgan fingerprint density at radius 1 is 0.973 bits per heavy atom. The Bertz CT molecular complexity index is 1340. The first-order chi connectivity index (χ1) is 18.0. The molecule has 0 fully saturated rings. The highest BCUT2D eigenvalue weighted by Gasteiger charge is 2.19. The van der Waals surface area contributed by atoms with E-state index in [2.05, 4.69) is 15.7 Å². The molecule has 0 saturated carbocycles. The zero-order valence-electron chi connectivity index (χ0n) is 20.6. The van der Waals surface area contributed by atoms with Crippen LogP contribution in [0.15, 0.2) is 89.8 Å². The van der Waals surface area contributed by atoms with Gasteiger partial charge in [0.25, 0.3) is 0 Å². The average Bonchev–Trinajstić information content (AvgIpc) is 3.33. The first-order valence-corrected chi connectivity index (χ1v) is 13.1. The predicted octanol–water partition coefficient (Wildman–Crippen LogP) is 6.28. The van der Waals surface area contributed by atoms with Crippen LogP contribution in [-0.4, -0.2) is 46.0 Å². The van der Waals surface area contributed by atoms with Crippen LogP contribution < -0.4 is 10.6 Å². The SMILES string of the molecule is CCCN(CC(=O)Nc1cc(-c2ccccc2)nn1-c1ccc(F)cc1)C(=O)Nc1ccc(SC)cc1. The minimum Gasteiger partial charge on any atom is -0.315 e. The van der Waals surface area contributed by atoms with Crippen molar-refractivity contribution in [3.8, 4) is 16.9 Å². The van der Waals surface area contributed by atoms with Gasteiger partial charge in [0, 0.05) is 28.8 Å². The molecule has 0 atom stereocenters. The van der Waals surface area contributed by atoms with Gasteiger partial charge in [-0.05, 0) is 61.2 Å². The number of benzene rings is 3. The lowest BCUT2D eigenvalue weighted by atomic mass is 10.1. The van der Waals surface area contributed by atoms with Crippen LogP contribution in [-0.2, 0) is 4.79 Å². The Kier molecular flexibility index (Phi) is 8.58. The van der Waals surface area contributed by atoms with Gasteiger partial charge in [-0.15, -0.1) is 11.8 Å². The third-order valence-corrected chi connectivity index (χ3v) is 6.32. The standard InChI is InChI=1S/C28H28FN5O2S/c1-3-17-33(28(36)30-22-11-15-24(37-2)16-12-22)19-27(35)31-26-18-25(20-7-5-4-6-8-20)32-34(26)23-13-9-21(29)10-14-23/h4-16,18H,3,17,19H2,1-2H3,(H,30,36)(H,31,35). The molecule has 3 aromatic carbocycles. The number of amides is 3. The van der Waals surface area contributed by atoms with Gasteiger partial charge in [0.15, 0.2) is 0 Å². The van der Waals surface area contributed by atoms with Gasteiger partial charge in [0.2, 0.25) is 5.91 Å². The maximum Gasteiger partial charge on any atom is 0.322 e. The van der Waals surface area contributed by atoms with E-state index in [1.54, 1.807) is 34.6 Å². The smallest absolute Gasteiger partial charge is 0.315 e. The second kappa shape index (κ2) is 12.2. The van der Waals surface area contributed by atoms with Gasteiger partial charge in [-0.3, -0.25) is 4.79 Å². The quantitative estimate of drug-likeness (QED) is 0.256. The Balaban J connectivity index is 1.52. The van der Waals surface area contributed by atoms with Gasteiger partial charge in [0.05, 0.1) is 11.4 Å². The van der Waals surface area contributed by atoms with Gasteiger partial charge in [-0.2, -0.15) is 5.10 Å². The lowest BCUT2D eigenvalue weighted by molar-refractivity contribution is -0.116. The lowest BCUT2D eigenvalue weighted by Gasteiger charge is -2.22. The fourth-order valence-electron chi connectivity index (χ4n) is 3.75. The summed E-state index contributed by atoms with van der Waals surface area (Å²) in [6.07, 6.45) is 2.68. The molecule has 0 aliphatic carbocycles. The summed E-state index contributed by atoms with van der Waals surface area (Å²) in [4.78, 5) is 28.6. The molecule has 37 heavy (non-hydrogen) atoms. The summed E-state index contributed by atoms with van der Waals surface area (Å²) in [7, 11) is 0. The van der Waals surface area contributed by atoms with Crippen LogP contribution in [0, 0.1) is 5.82 Å². The van der Waals surface area contributed by atoms with E-state index < -0.39 is 0 Å². The van der Waals surface area contributed by atoms with Crippen LogP contribution in [0.4, 0.5) is 20.7 Å². The molecule has 7 nitrogen and oxygen atoms in total. The average molecular weight is 518 g/mol. The van der Waals surface area contributed by atoms with Crippen molar-refractivity contribution in [1.82, 2.24) is 14.7 Å². The highest BCUT2D eigenvalue weighted by molar-refractivity contribution is 7.98. The zero-order chi connectivity index (χ0) is 26.2. The number of hydrogen-bond donors (Lipinski definition) is 2. The fourth-order valence-corrected chi connectivity index (χ4v) is 4.16. The van der Waals surface area contributed by atoms with Crippen LogP contribution in [0.25, 0.3) is 16.9 Å². The molecular formula is C28H28FN5O2S. The Labute approximate surface area is 219 Å². The summed E-state index contributed by atoms with van der Waals surface area (Å²) in [5, 5.41) is 10.4. The normalized spacial score (nSPS) is 10.7. The minimum absolute atomic E-state index is 0.141. The lowest BCUT2D eigenvalue weighted by Crippen LogP contribution is -2.41. The van der Waals surface area contributed by atoms with Crippen LogP contribution in [0.1, 0.15) is 13.3 Å². The number of aromatic nitrogens is 2. The molecule has 190 valence electrons. The van der Waals surface area contributed by atoms with E-state index >= 15 is 0 Å². The highest BCUT2D eigenvalue weighted by Crippen LogP contribution is 2.25. The first-order valence-electron chi connectivity index (χ1n) is 11.9. The molecule has 4 aromatic rings. The van der Waals surface area contributed by atoms with Crippen molar-refractivity contribution >= 4 is 35.2 Å². The topological polar surface area (TPSA) is 79.3 Å². The molecule has 4 rings (SSSR count). The summed E-state index contributed by atoms with van der Waals surface area (Å²) >= 11 is 1.62. The molecule has 0 spiro atoms. The molecule has 0 saturated heterocycles. The predicted molar refractivity (Wildman–Crippen MR) is 147 cm³/mol. The molecule has 9 heteroatoms. The van der Waals surface area contributed by atoms with E-state index in [0.29, 0.717) is 35.9 Å². The van der Waals surface area contributed by atoms with E-state index in [0.717, 1.165) is 10.5 Å². The van der Waals surface area contributed by atoms with Gasteiger partial charge in [0.1, 0.15) is 18.2 Å². The maximum atomic E-state index is 13.5. The summed E-state index contributed by atoms with van der Waals surface area (Å²) in [5.41, 5.74) is 2.78. The number of nitrogens with one attached hydrogen (secondary N) is 2. The Morgan fingerprint density at radius 3 is 2.32 bits per heavy atom. The number of carbonyl (C=O) groups excluding carboxylic acids is 2. The fraction of sp³-hybridized carbons (Fsp3) is 0.179.